The summed E-state index contributed by atoms with van der Waals surface area (Å²) in [5.41, 5.74) is 4.27. The molecule has 21 heavy (non-hydrogen) atoms. The number of hydrogen-bond acceptors (Lipinski definition) is 3. The summed E-state index contributed by atoms with van der Waals surface area (Å²) in [5.74, 6) is 0.926. The van der Waals surface area contributed by atoms with Gasteiger partial charge in [0.2, 0.25) is 0 Å². The summed E-state index contributed by atoms with van der Waals surface area (Å²) in [6, 6.07) is 6.60. The Hall–Kier alpha value is -1.81. The van der Waals surface area contributed by atoms with Crippen molar-refractivity contribution in [1.29, 1.82) is 0 Å². The van der Waals surface area contributed by atoms with Gasteiger partial charge in [0.05, 0.1) is 11.4 Å². The number of rotatable bonds is 2. The Balaban J connectivity index is 2.16. The first-order valence-corrected chi connectivity index (χ1v) is 7.38. The molecule has 110 valence electrons. The minimum absolute atomic E-state index is 0.217. The van der Waals surface area contributed by atoms with E-state index in [1.807, 2.05) is 0 Å². The summed E-state index contributed by atoms with van der Waals surface area (Å²) in [4.78, 5) is 11.8. The number of halogens is 1. The van der Waals surface area contributed by atoms with Crippen LogP contribution >= 0.6 is 0 Å². The van der Waals surface area contributed by atoms with E-state index in [-0.39, 0.29) is 11.7 Å². The van der Waals surface area contributed by atoms with Crippen LogP contribution in [0.5, 0.6) is 0 Å². The topological polar surface area (TPSA) is 29.0 Å². The first-order valence-electron chi connectivity index (χ1n) is 7.38. The number of benzene rings is 1. The van der Waals surface area contributed by atoms with Crippen LogP contribution in [-0.4, -0.2) is 28.5 Å². The van der Waals surface area contributed by atoms with Crippen molar-refractivity contribution in [3.63, 3.8) is 0 Å². The van der Waals surface area contributed by atoms with Gasteiger partial charge in [-0.1, -0.05) is 13.8 Å². The van der Waals surface area contributed by atoms with Crippen LogP contribution in [0, 0.1) is 5.82 Å². The average molecular weight is 285 g/mol. The molecule has 0 fully saturated rings. The van der Waals surface area contributed by atoms with Crippen LogP contribution in [0.1, 0.15) is 36.8 Å². The summed E-state index contributed by atoms with van der Waals surface area (Å²) in [6.07, 6.45) is 0.941. The van der Waals surface area contributed by atoms with E-state index in [1.54, 1.807) is 12.1 Å². The highest BCUT2D eigenvalue weighted by Crippen LogP contribution is 2.29. The molecule has 1 aromatic heterocycles. The lowest BCUT2D eigenvalue weighted by molar-refractivity contribution is 0.306. The van der Waals surface area contributed by atoms with Crippen molar-refractivity contribution in [3.8, 4) is 11.3 Å². The van der Waals surface area contributed by atoms with Crippen LogP contribution in [-0.2, 0) is 13.0 Å². The van der Waals surface area contributed by atoms with Gasteiger partial charge in [0.15, 0.2) is 0 Å². The fourth-order valence-electron chi connectivity index (χ4n) is 2.69. The summed E-state index contributed by atoms with van der Waals surface area (Å²) in [6.45, 7) is 6.06. The molecular weight excluding hydrogens is 265 g/mol. The largest absolute Gasteiger partial charge is 0.300 e. The van der Waals surface area contributed by atoms with E-state index >= 15 is 0 Å². The maximum atomic E-state index is 13.2. The molecule has 0 bridgehead atoms. The Morgan fingerprint density at radius 2 is 1.86 bits per heavy atom. The minimum Gasteiger partial charge on any atom is -0.300 e. The second kappa shape index (κ2) is 5.53. The quantitative estimate of drug-likeness (QED) is 0.847. The maximum absolute atomic E-state index is 13.2. The van der Waals surface area contributed by atoms with Crippen LogP contribution in [0.25, 0.3) is 11.3 Å². The van der Waals surface area contributed by atoms with E-state index in [1.165, 1.54) is 17.7 Å². The first-order chi connectivity index (χ1) is 10.0. The monoisotopic (exact) mass is 285 g/mol. The van der Waals surface area contributed by atoms with Gasteiger partial charge in [0.1, 0.15) is 11.6 Å². The molecule has 0 spiro atoms. The Morgan fingerprint density at radius 3 is 2.52 bits per heavy atom. The molecule has 0 N–H and O–H groups in total. The van der Waals surface area contributed by atoms with Crippen molar-refractivity contribution < 1.29 is 4.39 Å². The molecule has 0 saturated heterocycles. The van der Waals surface area contributed by atoms with E-state index in [0.29, 0.717) is 0 Å². The van der Waals surface area contributed by atoms with Crippen molar-refractivity contribution in [1.82, 2.24) is 14.9 Å². The summed E-state index contributed by atoms with van der Waals surface area (Å²) >= 11 is 0. The molecule has 0 amide bonds. The number of aromatic nitrogens is 2. The zero-order chi connectivity index (χ0) is 15.0. The molecule has 1 aromatic carbocycles. The normalized spacial score (nSPS) is 15.3. The number of fused-ring (bicyclic) bond motifs is 1. The van der Waals surface area contributed by atoms with E-state index in [4.69, 9.17) is 9.97 Å². The molecule has 3 rings (SSSR count). The highest BCUT2D eigenvalue weighted by Gasteiger charge is 2.21. The third-order valence-corrected chi connectivity index (χ3v) is 3.91. The van der Waals surface area contributed by atoms with E-state index in [9.17, 15) is 4.39 Å². The Morgan fingerprint density at radius 1 is 1.14 bits per heavy atom. The molecule has 0 radical (unpaired) electrons. The Labute approximate surface area is 124 Å². The Bertz CT molecular complexity index is 650. The van der Waals surface area contributed by atoms with Gasteiger partial charge in [-0.25, -0.2) is 14.4 Å². The molecule has 0 saturated carbocycles. The van der Waals surface area contributed by atoms with Gasteiger partial charge in [-0.05, 0) is 37.7 Å². The van der Waals surface area contributed by atoms with Gasteiger partial charge in [-0.3, -0.25) is 0 Å². The highest BCUT2D eigenvalue weighted by atomic mass is 19.1. The van der Waals surface area contributed by atoms with Gasteiger partial charge in [0, 0.05) is 30.1 Å². The van der Waals surface area contributed by atoms with E-state index in [2.05, 4.69) is 25.8 Å². The van der Waals surface area contributed by atoms with Crippen molar-refractivity contribution in [2.75, 3.05) is 13.6 Å². The third-order valence-electron chi connectivity index (χ3n) is 3.91. The van der Waals surface area contributed by atoms with Crippen molar-refractivity contribution in [2.24, 2.45) is 0 Å². The average Bonchev–Trinajstić information content (AvgIpc) is 2.46. The van der Waals surface area contributed by atoms with Crippen LogP contribution < -0.4 is 0 Å². The fraction of sp³-hybridized carbons (Fsp3) is 0.412. The molecule has 4 heteroatoms. The lowest BCUT2D eigenvalue weighted by Crippen LogP contribution is -2.29. The molecule has 0 aliphatic carbocycles. The van der Waals surface area contributed by atoms with Crippen molar-refractivity contribution >= 4 is 0 Å². The van der Waals surface area contributed by atoms with Crippen molar-refractivity contribution in [2.45, 2.75) is 32.7 Å². The molecule has 2 heterocycles. The zero-order valence-electron chi connectivity index (χ0n) is 12.7. The second-order valence-corrected chi connectivity index (χ2v) is 6.01. The minimum atomic E-state index is -0.217. The first kappa shape index (κ1) is 14.1. The van der Waals surface area contributed by atoms with Gasteiger partial charge < -0.3 is 4.90 Å². The van der Waals surface area contributed by atoms with Gasteiger partial charge in [-0.15, -0.1) is 0 Å². The number of hydrogen-bond donors (Lipinski definition) is 0. The predicted octanol–water partition coefficient (Wildman–Crippen LogP) is 3.39. The van der Waals surface area contributed by atoms with Crippen LogP contribution in [0.4, 0.5) is 4.39 Å². The summed E-state index contributed by atoms with van der Waals surface area (Å²) in [5, 5.41) is 0. The summed E-state index contributed by atoms with van der Waals surface area (Å²) in [7, 11) is 2.11. The van der Waals surface area contributed by atoms with Gasteiger partial charge in [-0.2, -0.15) is 0 Å². The highest BCUT2D eigenvalue weighted by molar-refractivity contribution is 5.64. The maximum Gasteiger partial charge on any atom is 0.131 e. The molecule has 1 aliphatic heterocycles. The number of nitrogens with zero attached hydrogens (tertiary/aromatic N) is 3. The second-order valence-electron chi connectivity index (χ2n) is 6.01. The van der Waals surface area contributed by atoms with Gasteiger partial charge in [0.25, 0.3) is 0 Å². The third kappa shape index (κ3) is 2.81. The lowest BCUT2D eigenvalue weighted by Gasteiger charge is -2.26. The van der Waals surface area contributed by atoms with E-state index in [0.717, 1.165) is 42.3 Å². The zero-order valence-corrected chi connectivity index (χ0v) is 12.7. The van der Waals surface area contributed by atoms with Crippen molar-refractivity contribution in [3.05, 3.63) is 47.2 Å². The van der Waals surface area contributed by atoms with Crippen LogP contribution in [0.15, 0.2) is 24.3 Å². The molecule has 0 unspecified atom stereocenters. The standard InChI is InChI=1S/C17H20FN3/c1-11(2)17-19-15-10-21(3)9-8-14(15)16(20-17)12-4-6-13(18)7-5-12/h4-7,11H,8-10H2,1-3H3. The van der Waals surface area contributed by atoms with Gasteiger partial charge >= 0.3 is 0 Å². The van der Waals surface area contributed by atoms with E-state index < -0.39 is 0 Å². The lowest BCUT2D eigenvalue weighted by atomic mass is 9.98. The molecule has 2 aromatic rings. The fourth-order valence-corrected chi connectivity index (χ4v) is 2.69. The Kier molecular flexibility index (Phi) is 3.72. The molecule has 0 atom stereocenters. The smallest absolute Gasteiger partial charge is 0.131 e. The molecule has 1 aliphatic rings. The SMILES string of the molecule is CC(C)c1nc2c(c(-c3ccc(F)cc3)n1)CCN(C)C2. The predicted molar refractivity (Wildman–Crippen MR) is 81.6 cm³/mol. The number of likely N-dealkylation sites (N-methyl/N-ethyl adjacent to an activating group) is 1. The summed E-state index contributed by atoms with van der Waals surface area (Å²) < 4.78 is 13.2. The van der Waals surface area contributed by atoms with Crippen LogP contribution in [0.3, 0.4) is 0 Å². The van der Waals surface area contributed by atoms with Crippen LogP contribution in [0.2, 0.25) is 0 Å². The molecular formula is C17H20FN3. The molecule has 3 nitrogen and oxygen atoms in total.